The molecule has 0 fully saturated rings. The minimum Gasteiger partial charge on any atom is -0.310 e. The highest BCUT2D eigenvalue weighted by atomic mass is 35.5. The van der Waals surface area contributed by atoms with Gasteiger partial charge in [-0.1, -0.05) is 42.8 Å². The van der Waals surface area contributed by atoms with Gasteiger partial charge >= 0.3 is 0 Å². The predicted molar refractivity (Wildman–Crippen MR) is 87.4 cm³/mol. The van der Waals surface area contributed by atoms with Crippen LogP contribution in [0.1, 0.15) is 35.2 Å². The highest BCUT2D eigenvalue weighted by Crippen LogP contribution is 2.28. The van der Waals surface area contributed by atoms with Crippen LogP contribution in [0, 0.1) is 19.7 Å². The second kappa shape index (κ2) is 7.06. The third-order valence-electron chi connectivity index (χ3n) is 3.94. The lowest BCUT2D eigenvalue weighted by Gasteiger charge is -2.22. The van der Waals surface area contributed by atoms with E-state index in [1.165, 1.54) is 22.8 Å². The molecule has 3 heteroatoms. The zero-order chi connectivity index (χ0) is 15.4. The van der Waals surface area contributed by atoms with E-state index < -0.39 is 0 Å². The van der Waals surface area contributed by atoms with Crippen LogP contribution in [0.2, 0.25) is 5.02 Å². The lowest BCUT2D eigenvalue weighted by atomic mass is 9.93. The van der Waals surface area contributed by atoms with Crippen LogP contribution in [0.4, 0.5) is 4.39 Å². The molecule has 0 aliphatic heterocycles. The van der Waals surface area contributed by atoms with E-state index in [-0.39, 0.29) is 11.9 Å². The fourth-order valence-electron chi connectivity index (χ4n) is 2.62. The molecule has 0 aromatic heterocycles. The molecule has 1 atom stereocenters. The highest BCUT2D eigenvalue weighted by molar-refractivity contribution is 6.31. The van der Waals surface area contributed by atoms with Crippen LogP contribution >= 0.6 is 11.6 Å². The van der Waals surface area contributed by atoms with Crippen molar-refractivity contribution < 1.29 is 4.39 Å². The number of likely N-dealkylation sites (N-methyl/N-ethyl adjacent to an activating group) is 1. The summed E-state index contributed by atoms with van der Waals surface area (Å²) in [7, 11) is 0. The van der Waals surface area contributed by atoms with Crippen LogP contribution in [-0.4, -0.2) is 6.54 Å². The zero-order valence-electron chi connectivity index (χ0n) is 12.7. The molecule has 0 aliphatic rings. The zero-order valence-corrected chi connectivity index (χ0v) is 13.5. The van der Waals surface area contributed by atoms with E-state index in [9.17, 15) is 4.39 Å². The Morgan fingerprint density at radius 3 is 2.52 bits per heavy atom. The van der Waals surface area contributed by atoms with Crippen LogP contribution in [0.5, 0.6) is 0 Å². The van der Waals surface area contributed by atoms with Gasteiger partial charge in [-0.25, -0.2) is 4.39 Å². The molecule has 0 saturated heterocycles. The van der Waals surface area contributed by atoms with E-state index in [4.69, 9.17) is 11.6 Å². The average Bonchev–Trinajstić information content (AvgIpc) is 2.45. The van der Waals surface area contributed by atoms with Crippen molar-refractivity contribution in [1.82, 2.24) is 5.32 Å². The first-order chi connectivity index (χ1) is 10.0. The molecule has 21 heavy (non-hydrogen) atoms. The Kier molecular flexibility index (Phi) is 5.38. The summed E-state index contributed by atoms with van der Waals surface area (Å²) in [5.74, 6) is -0.240. The van der Waals surface area contributed by atoms with Gasteiger partial charge in [-0.05, 0) is 55.6 Å². The summed E-state index contributed by atoms with van der Waals surface area (Å²) in [6.07, 6.45) is 0.545. The Bertz CT molecular complexity index is 604. The summed E-state index contributed by atoms with van der Waals surface area (Å²) in [4.78, 5) is 0. The molecule has 1 unspecified atom stereocenters. The Labute approximate surface area is 131 Å². The van der Waals surface area contributed by atoms with Crippen molar-refractivity contribution in [2.24, 2.45) is 0 Å². The second-order valence-corrected chi connectivity index (χ2v) is 5.71. The maximum Gasteiger partial charge on any atom is 0.127 e. The number of hydrogen-bond acceptors (Lipinski definition) is 1. The normalized spacial score (nSPS) is 12.4. The summed E-state index contributed by atoms with van der Waals surface area (Å²) >= 11 is 6.16. The van der Waals surface area contributed by atoms with E-state index in [1.54, 1.807) is 12.1 Å². The van der Waals surface area contributed by atoms with Gasteiger partial charge in [0.15, 0.2) is 0 Å². The van der Waals surface area contributed by atoms with Gasteiger partial charge in [-0.3, -0.25) is 0 Å². The highest BCUT2D eigenvalue weighted by Gasteiger charge is 2.18. The SMILES string of the molecule is CCNC(Cc1c(F)cccc1Cl)c1cccc(C)c1C. The summed E-state index contributed by atoms with van der Waals surface area (Å²) in [5, 5.41) is 3.93. The number of rotatable bonds is 5. The van der Waals surface area contributed by atoms with Crippen molar-refractivity contribution in [2.75, 3.05) is 6.54 Å². The fourth-order valence-corrected chi connectivity index (χ4v) is 2.86. The molecule has 2 rings (SSSR count). The van der Waals surface area contributed by atoms with Gasteiger partial charge in [-0.2, -0.15) is 0 Å². The van der Waals surface area contributed by atoms with Crippen LogP contribution < -0.4 is 5.32 Å². The Balaban J connectivity index is 2.38. The monoisotopic (exact) mass is 305 g/mol. The average molecular weight is 306 g/mol. The number of benzene rings is 2. The molecular formula is C18H21ClFN. The smallest absolute Gasteiger partial charge is 0.127 e. The van der Waals surface area contributed by atoms with Crippen LogP contribution in [0.25, 0.3) is 0 Å². The largest absolute Gasteiger partial charge is 0.310 e. The number of halogens is 2. The van der Waals surface area contributed by atoms with Crippen molar-refractivity contribution in [2.45, 2.75) is 33.2 Å². The summed E-state index contributed by atoms with van der Waals surface area (Å²) in [6.45, 7) is 7.08. The number of nitrogens with one attached hydrogen (secondary N) is 1. The molecule has 0 bridgehead atoms. The maximum atomic E-state index is 14.0. The fraction of sp³-hybridized carbons (Fsp3) is 0.333. The number of aryl methyl sites for hydroxylation is 1. The van der Waals surface area contributed by atoms with E-state index >= 15 is 0 Å². The Morgan fingerprint density at radius 2 is 1.86 bits per heavy atom. The van der Waals surface area contributed by atoms with Crippen molar-refractivity contribution >= 4 is 11.6 Å². The van der Waals surface area contributed by atoms with Gasteiger partial charge in [0, 0.05) is 16.6 Å². The van der Waals surface area contributed by atoms with Gasteiger partial charge in [0.25, 0.3) is 0 Å². The summed E-state index contributed by atoms with van der Waals surface area (Å²) in [6, 6.07) is 11.2. The van der Waals surface area contributed by atoms with Crippen molar-refractivity contribution in [3.8, 4) is 0 Å². The Morgan fingerprint density at radius 1 is 1.14 bits per heavy atom. The lowest BCUT2D eigenvalue weighted by molar-refractivity contribution is 0.526. The van der Waals surface area contributed by atoms with E-state index in [1.807, 2.05) is 6.07 Å². The van der Waals surface area contributed by atoms with Crippen LogP contribution in [0.3, 0.4) is 0 Å². The molecule has 1 N–H and O–H groups in total. The molecule has 0 radical (unpaired) electrons. The van der Waals surface area contributed by atoms with Gasteiger partial charge < -0.3 is 5.32 Å². The third kappa shape index (κ3) is 3.63. The Hall–Kier alpha value is -1.38. The summed E-state index contributed by atoms with van der Waals surface area (Å²) < 4.78 is 14.0. The topological polar surface area (TPSA) is 12.0 Å². The van der Waals surface area contributed by atoms with Crippen LogP contribution in [-0.2, 0) is 6.42 Å². The molecule has 0 spiro atoms. The molecule has 1 nitrogen and oxygen atoms in total. The quantitative estimate of drug-likeness (QED) is 0.820. The second-order valence-electron chi connectivity index (χ2n) is 5.30. The van der Waals surface area contributed by atoms with E-state index in [0.29, 0.717) is 17.0 Å². The van der Waals surface area contributed by atoms with E-state index in [0.717, 1.165) is 6.54 Å². The minimum atomic E-state index is -0.240. The third-order valence-corrected chi connectivity index (χ3v) is 4.30. The first-order valence-corrected chi connectivity index (χ1v) is 7.64. The molecule has 2 aromatic rings. The van der Waals surface area contributed by atoms with Gasteiger partial charge in [0.1, 0.15) is 5.82 Å². The molecule has 0 heterocycles. The predicted octanol–water partition coefficient (Wildman–Crippen LogP) is 4.99. The lowest BCUT2D eigenvalue weighted by Crippen LogP contribution is -2.24. The molecule has 0 amide bonds. The first kappa shape index (κ1) is 16.0. The standard InChI is InChI=1S/C18H21ClFN/c1-4-21-18(14-8-5-7-12(2)13(14)3)11-15-16(19)9-6-10-17(15)20/h5-10,18,21H,4,11H2,1-3H3. The molecule has 0 aliphatic carbocycles. The van der Waals surface area contributed by atoms with Gasteiger partial charge in [0.05, 0.1) is 0 Å². The van der Waals surface area contributed by atoms with Crippen molar-refractivity contribution in [3.05, 3.63) is 69.5 Å². The molecule has 0 saturated carbocycles. The minimum absolute atomic E-state index is 0.0595. The molecular weight excluding hydrogens is 285 g/mol. The van der Waals surface area contributed by atoms with Crippen molar-refractivity contribution in [3.63, 3.8) is 0 Å². The van der Waals surface area contributed by atoms with Gasteiger partial charge in [0.2, 0.25) is 0 Å². The molecule has 112 valence electrons. The molecule has 2 aromatic carbocycles. The summed E-state index contributed by atoms with van der Waals surface area (Å²) in [5.41, 5.74) is 4.27. The van der Waals surface area contributed by atoms with Crippen molar-refractivity contribution in [1.29, 1.82) is 0 Å². The van der Waals surface area contributed by atoms with E-state index in [2.05, 4.69) is 38.2 Å². The first-order valence-electron chi connectivity index (χ1n) is 7.27. The number of hydrogen-bond donors (Lipinski definition) is 1. The van der Waals surface area contributed by atoms with Crippen LogP contribution in [0.15, 0.2) is 36.4 Å². The maximum absolute atomic E-state index is 14.0. The van der Waals surface area contributed by atoms with Gasteiger partial charge in [-0.15, -0.1) is 0 Å².